The number of ketones is 1. The number of carbonyl (C=O) groups excluding carboxylic acids is 4. The van der Waals surface area contributed by atoms with E-state index in [1.807, 2.05) is 6.92 Å². The van der Waals surface area contributed by atoms with Crippen molar-refractivity contribution in [1.29, 1.82) is 0 Å². The Labute approximate surface area is 243 Å². The van der Waals surface area contributed by atoms with E-state index in [9.17, 15) is 34.5 Å². The highest BCUT2D eigenvalue weighted by atomic mass is 16.6. The summed E-state index contributed by atoms with van der Waals surface area (Å²) in [7, 11) is 0. The van der Waals surface area contributed by atoms with Gasteiger partial charge in [-0.3, -0.25) is 4.79 Å². The normalized spacial score (nSPS) is 52.7. The molecule has 3 aliphatic carbocycles. The number of allylic oxidation sites excluding steroid dienone is 2. The fourth-order valence-corrected chi connectivity index (χ4v) is 10.0. The van der Waals surface area contributed by atoms with Crippen molar-refractivity contribution in [2.75, 3.05) is 6.61 Å². The van der Waals surface area contributed by atoms with Crippen molar-refractivity contribution in [3.05, 3.63) is 35.5 Å². The van der Waals surface area contributed by atoms with Gasteiger partial charge in [0.1, 0.15) is 18.0 Å². The standard InChI is InChI=1S/C31H38O11/c1-7-14(2)24(36)41-23-20-21-27(3,13-39-20)9-8-17(33)29(21,5)22-26(38)42-31(30(22,23)6)18(34)11-16(28(31,4)12-32)15-10-19(35)40-25(15)37/h7-10,12,16,18-23,26,34-35,38H,11,13H2,1-6H3/b14-7+/t16-,18-,19?,20+,21-,22-,23+,26-,27-,28-,29-,30-,31+/m0/s1. The van der Waals surface area contributed by atoms with Crippen LogP contribution >= 0.6 is 0 Å². The van der Waals surface area contributed by atoms with Gasteiger partial charge >= 0.3 is 11.9 Å². The molecule has 0 aromatic heterocycles. The largest absolute Gasteiger partial charge is 0.456 e. The van der Waals surface area contributed by atoms with Gasteiger partial charge in [-0.2, -0.15) is 0 Å². The number of cyclic esters (lactones) is 1. The lowest BCUT2D eigenvalue weighted by molar-refractivity contribution is -0.255. The van der Waals surface area contributed by atoms with Crippen LogP contribution in [0.15, 0.2) is 35.5 Å². The molecule has 11 heteroatoms. The minimum Gasteiger partial charge on any atom is -0.456 e. The van der Waals surface area contributed by atoms with Gasteiger partial charge in [0.05, 0.1) is 24.2 Å². The van der Waals surface area contributed by atoms with Crippen molar-refractivity contribution in [2.45, 2.75) is 84.5 Å². The molecule has 42 heavy (non-hydrogen) atoms. The Morgan fingerprint density at radius 1 is 1.12 bits per heavy atom. The van der Waals surface area contributed by atoms with Gasteiger partial charge in [0, 0.05) is 45.1 Å². The first kappa shape index (κ1) is 29.4. The molecule has 2 saturated carbocycles. The lowest BCUT2D eigenvalue weighted by Crippen LogP contribution is -2.74. The van der Waals surface area contributed by atoms with Gasteiger partial charge < -0.3 is 39.1 Å². The number of aliphatic hydroxyl groups excluding tert-OH is 3. The van der Waals surface area contributed by atoms with Gasteiger partial charge in [-0.15, -0.1) is 0 Å². The lowest BCUT2D eigenvalue weighted by Gasteiger charge is -2.63. The van der Waals surface area contributed by atoms with Crippen molar-refractivity contribution in [3.8, 4) is 0 Å². The van der Waals surface area contributed by atoms with E-state index in [0.717, 1.165) is 0 Å². The average molecular weight is 587 g/mol. The minimum absolute atomic E-state index is 0.00210. The highest BCUT2D eigenvalue weighted by molar-refractivity contribution is 5.97. The number of rotatable bonds is 4. The van der Waals surface area contributed by atoms with Crippen LogP contribution in [0.2, 0.25) is 0 Å². The second kappa shape index (κ2) is 8.92. The van der Waals surface area contributed by atoms with E-state index in [-0.39, 0.29) is 24.4 Å². The fourth-order valence-electron chi connectivity index (χ4n) is 10.0. The Morgan fingerprint density at radius 3 is 2.40 bits per heavy atom. The Balaban J connectivity index is 1.62. The topological polar surface area (TPSA) is 166 Å². The molecule has 4 fully saturated rings. The molecular formula is C31H38O11. The van der Waals surface area contributed by atoms with Crippen molar-refractivity contribution >= 4 is 24.0 Å². The number of aldehydes is 1. The minimum atomic E-state index is -1.96. The van der Waals surface area contributed by atoms with Crippen LogP contribution in [-0.2, 0) is 38.1 Å². The van der Waals surface area contributed by atoms with Gasteiger partial charge in [-0.05, 0) is 39.3 Å². The summed E-state index contributed by atoms with van der Waals surface area (Å²) in [5.74, 6) is -4.34. The molecule has 0 amide bonds. The van der Waals surface area contributed by atoms with Crippen LogP contribution in [0.25, 0.3) is 0 Å². The number of ether oxygens (including phenoxy) is 4. The molecule has 1 unspecified atom stereocenters. The molecule has 6 aliphatic rings. The molecule has 228 valence electrons. The van der Waals surface area contributed by atoms with Crippen molar-refractivity contribution < 1.29 is 53.4 Å². The zero-order chi connectivity index (χ0) is 30.8. The Hall–Kier alpha value is -2.70. The van der Waals surface area contributed by atoms with Gasteiger partial charge in [0.25, 0.3) is 0 Å². The number of carbonyl (C=O) groups is 4. The Bertz CT molecular complexity index is 1370. The molecule has 6 rings (SSSR count). The van der Waals surface area contributed by atoms with E-state index in [0.29, 0.717) is 11.9 Å². The number of esters is 2. The van der Waals surface area contributed by atoms with Gasteiger partial charge in [0.15, 0.2) is 12.1 Å². The summed E-state index contributed by atoms with van der Waals surface area (Å²) in [6.45, 7) is 10.4. The first-order valence-corrected chi connectivity index (χ1v) is 14.4. The predicted molar refractivity (Wildman–Crippen MR) is 143 cm³/mol. The van der Waals surface area contributed by atoms with E-state index < -0.39 is 87.8 Å². The van der Waals surface area contributed by atoms with Crippen molar-refractivity contribution in [2.24, 2.45) is 39.4 Å². The summed E-state index contributed by atoms with van der Waals surface area (Å²) < 4.78 is 24.0. The summed E-state index contributed by atoms with van der Waals surface area (Å²) in [5, 5.41) is 33.9. The molecule has 3 N–H and O–H groups in total. The second-order valence-electron chi connectivity index (χ2n) is 13.7. The summed E-state index contributed by atoms with van der Waals surface area (Å²) in [6.07, 6.45) is -0.176. The molecule has 0 radical (unpaired) electrons. The fraction of sp³-hybridized carbons (Fsp3) is 0.677. The van der Waals surface area contributed by atoms with Crippen LogP contribution < -0.4 is 0 Å². The zero-order valence-corrected chi connectivity index (χ0v) is 24.5. The van der Waals surface area contributed by atoms with E-state index >= 15 is 0 Å². The molecule has 0 bridgehead atoms. The van der Waals surface area contributed by atoms with Gasteiger partial charge in [-0.25, -0.2) is 9.59 Å². The number of hydrogen-bond donors (Lipinski definition) is 3. The maximum absolute atomic E-state index is 13.9. The monoisotopic (exact) mass is 586 g/mol. The first-order chi connectivity index (χ1) is 19.6. The highest BCUT2D eigenvalue weighted by Crippen LogP contribution is 2.76. The predicted octanol–water partition coefficient (Wildman–Crippen LogP) is 1.14. The Kier molecular flexibility index (Phi) is 6.24. The molecular weight excluding hydrogens is 548 g/mol. The van der Waals surface area contributed by atoms with Crippen LogP contribution in [0.1, 0.15) is 48.0 Å². The third kappa shape index (κ3) is 3.13. The summed E-state index contributed by atoms with van der Waals surface area (Å²) in [4.78, 5) is 53.4. The van der Waals surface area contributed by atoms with Gasteiger partial charge in [-0.1, -0.05) is 32.9 Å². The number of fused-ring (bicyclic) bond motifs is 3. The van der Waals surface area contributed by atoms with Gasteiger partial charge in [0.2, 0.25) is 6.29 Å². The number of hydrogen-bond acceptors (Lipinski definition) is 11. The van der Waals surface area contributed by atoms with E-state index in [4.69, 9.17) is 18.9 Å². The number of aliphatic hydroxyl groups is 3. The van der Waals surface area contributed by atoms with Crippen molar-refractivity contribution in [1.82, 2.24) is 0 Å². The van der Waals surface area contributed by atoms with E-state index in [2.05, 4.69) is 0 Å². The molecule has 2 saturated heterocycles. The van der Waals surface area contributed by atoms with E-state index in [1.54, 1.807) is 39.8 Å². The first-order valence-electron chi connectivity index (χ1n) is 14.4. The lowest BCUT2D eigenvalue weighted by atomic mass is 9.39. The quantitative estimate of drug-likeness (QED) is 0.246. The maximum atomic E-state index is 13.9. The van der Waals surface area contributed by atoms with Crippen LogP contribution in [-0.4, -0.2) is 82.4 Å². The maximum Gasteiger partial charge on any atom is 0.336 e. The smallest absolute Gasteiger partial charge is 0.336 e. The molecule has 0 aromatic carbocycles. The zero-order valence-electron chi connectivity index (χ0n) is 24.5. The third-order valence-corrected chi connectivity index (χ3v) is 11.8. The Morgan fingerprint density at radius 2 is 1.81 bits per heavy atom. The highest BCUT2D eigenvalue weighted by Gasteiger charge is 2.87. The van der Waals surface area contributed by atoms with Crippen LogP contribution in [0.4, 0.5) is 0 Å². The molecule has 0 aromatic rings. The van der Waals surface area contributed by atoms with Crippen LogP contribution in [0.5, 0.6) is 0 Å². The summed E-state index contributed by atoms with van der Waals surface area (Å²) >= 11 is 0. The third-order valence-electron chi connectivity index (χ3n) is 11.8. The SMILES string of the molecule is C/C=C(\C)C(=O)O[C@@H]1[C@@H]2OC[C@]3(C)C=CC(=O)[C@@](C)([C@@H]23)[C@@H]2[C@@H](O)O[C@@]3([C@@H](O)C[C@@H](C4=CC(O)OC4=O)[C@]3(C)C=O)[C@]12C. The molecule has 1 spiro atoms. The molecule has 13 atom stereocenters. The van der Waals surface area contributed by atoms with Crippen molar-refractivity contribution in [3.63, 3.8) is 0 Å². The summed E-state index contributed by atoms with van der Waals surface area (Å²) in [5.41, 5.74) is -6.90. The van der Waals surface area contributed by atoms with Crippen LogP contribution in [0.3, 0.4) is 0 Å². The second-order valence-corrected chi connectivity index (χ2v) is 13.7. The van der Waals surface area contributed by atoms with Crippen LogP contribution in [0, 0.1) is 39.4 Å². The summed E-state index contributed by atoms with van der Waals surface area (Å²) in [6, 6.07) is 0. The van der Waals surface area contributed by atoms with E-state index in [1.165, 1.54) is 19.1 Å². The molecule has 3 aliphatic heterocycles. The molecule has 11 nitrogen and oxygen atoms in total. The average Bonchev–Trinajstić information content (AvgIpc) is 3.61. The molecule has 3 heterocycles.